The molecule has 0 aliphatic carbocycles. The van der Waals surface area contributed by atoms with Crippen LogP contribution in [-0.2, 0) is 4.79 Å². The van der Waals surface area contributed by atoms with Crippen molar-refractivity contribution in [1.82, 2.24) is 20.0 Å². The third kappa shape index (κ3) is 3.68. The molecule has 0 aromatic carbocycles. The van der Waals surface area contributed by atoms with E-state index in [1.54, 1.807) is 0 Å². The first-order valence-electron chi connectivity index (χ1n) is 7.49. The van der Waals surface area contributed by atoms with E-state index in [0.29, 0.717) is 11.9 Å². The lowest BCUT2D eigenvalue weighted by Gasteiger charge is -2.39. The molecule has 0 spiro atoms. The molecular formula is C14H28N4O. The molecule has 2 saturated heterocycles. The minimum Gasteiger partial charge on any atom is -0.339 e. The van der Waals surface area contributed by atoms with Crippen LogP contribution in [0.15, 0.2) is 0 Å². The number of amides is 1. The van der Waals surface area contributed by atoms with Gasteiger partial charge in [0.1, 0.15) is 0 Å². The van der Waals surface area contributed by atoms with Gasteiger partial charge in [-0.3, -0.25) is 9.69 Å². The highest BCUT2D eigenvalue weighted by atomic mass is 16.2. The number of rotatable bonds is 3. The number of piperazine rings is 1. The summed E-state index contributed by atoms with van der Waals surface area (Å²) in [5, 5.41) is 3.29. The van der Waals surface area contributed by atoms with Gasteiger partial charge in [0.15, 0.2) is 0 Å². The largest absolute Gasteiger partial charge is 0.339 e. The van der Waals surface area contributed by atoms with Crippen molar-refractivity contribution in [1.29, 1.82) is 0 Å². The average molecular weight is 268 g/mol. The van der Waals surface area contributed by atoms with Gasteiger partial charge in [0.2, 0.25) is 5.91 Å². The maximum absolute atomic E-state index is 12.5. The molecule has 1 amide bonds. The number of hydrogen-bond acceptors (Lipinski definition) is 4. The van der Waals surface area contributed by atoms with Crippen LogP contribution in [-0.4, -0.2) is 86.1 Å². The highest BCUT2D eigenvalue weighted by Gasteiger charge is 2.30. The molecule has 1 unspecified atom stereocenters. The number of piperidine rings is 1. The van der Waals surface area contributed by atoms with Gasteiger partial charge in [-0.1, -0.05) is 0 Å². The summed E-state index contributed by atoms with van der Waals surface area (Å²) < 4.78 is 0. The van der Waals surface area contributed by atoms with Gasteiger partial charge in [-0.15, -0.1) is 0 Å². The molecule has 5 nitrogen and oxygen atoms in total. The zero-order chi connectivity index (χ0) is 13.8. The Morgan fingerprint density at radius 1 is 1.16 bits per heavy atom. The van der Waals surface area contributed by atoms with Crippen LogP contribution in [0.4, 0.5) is 0 Å². The number of carbonyl (C=O) groups excluding carboxylic acids is 1. The maximum Gasteiger partial charge on any atom is 0.239 e. The molecule has 1 N–H and O–H groups in total. The summed E-state index contributed by atoms with van der Waals surface area (Å²) in [6.07, 6.45) is 2.35. The zero-order valence-corrected chi connectivity index (χ0v) is 12.6. The normalized spacial score (nSPS) is 24.7. The van der Waals surface area contributed by atoms with Crippen LogP contribution < -0.4 is 5.32 Å². The van der Waals surface area contributed by atoms with E-state index in [9.17, 15) is 4.79 Å². The molecule has 0 aromatic heterocycles. The monoisotopic (exact) mass is 268 g/mol. The van der Waals surface area contributed by atoms with Gasteiger partial charge >= 0.3 is 0 Å². The predicted octanol–water partition coefficient (Wildman–Crippen LogP) is -0.167. The lowest BCUT2D eigenvalue weighted by atomic mass is 10.0. The van der Waals surface area contributed by atoms with E-state index < -0.39 is 0 Å². The standard InChI is InChI=1S/C14H28N4O/c1-12(14(19)18-10-6-15-7-11-18)17-8-4-13(5-9-17)16(2)3/h12-13,15H,4-11H2,1-3H3. The molecule has 0 bridgehead atoms. The predicted molar refractivity (Wildman–Crippen MR) is 77.2 cm³/mol. The Labute approximate surface area is 116 Å². The quantitative estimate of drug-likeness (QED) is 0.771. The van der Waals surface area contributed by atoms with Crippen LogP contribution in [0.1, 0.15) is 19.8 Å². The molecule has 2 fully saturated rings. The van der Waals surface area contributed by atoms with Crippen molar-refractivity contribution in [2.75, 3.05) is 53.4 Å². The number of nitrogens with zero attached hydrogens (tertiary/aromatic N) is 3. The Morgan fingerprint density at radius 3 is 2.26 bits per heavy atom. The molecule has 1 atom stereocenters. The van der Waals surface area contributed by atoms with Gasteiger partial charge in [0.25, 0.3) is 0 Å². The molecule has 110 valence electrons. The number of likely N-dealkylation sites (tertiary alicyclic amines) is 1. The van der Waals surface area contributed by atoms with Gasteiger partial charge in [-0.2, -0.15) is 0 Å². The van der Waals surface area contributed by atoms with Crippen LogP contribution >= 0.6 is 0 Å². The number of nitrogens with one attached hydrogen (secondary N) is 1. The first-order valence-corrected chi connectivity index (χ1v) is 7.49. The Hall–Kier alpha value is -0.650. The average Bonchev–Trinajstić information content (AvgIpc) is 2.46. The van der Waals surface area contributed by atoms with Gasteiger partial charge in [0, 0.05) is 45.3 Å². The molecule has 0 radical (unpaired) electrons. The third-order valence-electron chi connectivity index (χ3n) is 4.56. The van der Waals surface area contributed by atoms with E-state index in [-0.39, 0.29) is 6.04 Å². The maximum atomic E-state index is 12.5. The first kappa shape index (κ1) is 14.8. The molecule has 2 aliphatic rings. The topological polar surface area (TPSA) is 38.8 Å². The summed E-state index contributed by atoms with van der Waals surface area (Å²) in [6.45, 7) is 7.74. The fourth-order valence-electron chi connectivity index (χ4n) is 3.10. The van der Waals surface area contributed by atoms with E-state index in [1.807, 2.05) is 4.90 Å². The molecule has 2 rings (SSSR count). The second-order valence-corrected chi connectivity index (χ2v) is 5.98. The highest BCUT2D eigenvalue weighted by molar-refractivity contribution is 5.81. The van der Waals surface area contributed by atoms with E-state index in [1.165, 1.54) is 12.8 Å². The summed E-state index contributed by atoms with van der Waals surface area (Å²) in [7, 11) is 4.30. The van der Waals surface area contributed by atoms with Crippen molar-refractivity contribution in [3.8, 4) is 0 Å². The van der Waals surface area contributed by atoms with Crippen molar-refractivity contribution in [2.24, 2.45) is 0 Å². The molecule has 0 saturated carbocycles. The molecule has 5 heteroatoms. The van der Waals surface area contributed by atoms with Crippen LogP contribution in [0.3, 0.4) is 0 Å². The van der Waals surface area contributed by atoms with Crippen LogP contribution in [0.2, 0.25) is 0 Å². The SMILES string of the molecule is CC(C(=O)N1CCNCC1)N1CCC(N(C)C)CC1. The molecule has 0 aromatic rings. The number of hydrogen-bond donors (Lipinski definition) is 1. The minimum absolute atomic E-state index is 0.0428. The zero-order valence-electron chi connectivity index (χ0n) is 12.6. The second kappa shape index (κ2) is 6.68. The second-order valence-electron chi connectivity index (χ2n) is 5.98. The molecule has 2 heterocycles. The lowest BCUT2D eigenvalue weighted by molar-refractivity contribution is -0.137. The van der Waals surface area contributed by atoms with Gasteiger partial charge in [-0.05, 0) is 33.9 Å². The van der Waals surface area contributed by atoms with Gasteiger partial charge in [-0.25, -0.2) is 0 Å². The van der Waals surface area contributed by atoms with Crippen molar-refractivity contribution in [3.05, 3.63) is 0 Å². The van der Waals surface area contributed by atoms with Crippen LogP contribution in [0.5, 0.6) is 0 Å². The fourth-order valence-corrected chi connectivity index (χ4v) is 3.10. The third-order valence-corrected chi connectivity index (χ3v) is 4.56. The van der Waals surface area contributed by atoms with Crippen LogP contribution in [0.25, 0.3) is 0 Å². The minimum atomic E-state index is 0.0428. The Kier molecular flexibility index (Phi) is 5.19. The lowest BCUT2D eigenvalue weighted by Crippen LogP contribution is -2.55. The van der Waals surface area contributed by atoms with E-state index in [2.05, 4.69) is 36.1 Å². The number of carbonyl (C=O) groups is 1. The molecule has 2 aliphatic heterocycles. The van der Waals surface area contributed by atoms with E-state index in [4.69, 9.17) is 0 Å². The summed E-state index contributed by atoms with van der Waals surface area (Å²) >= 11 is 0. The van der Waals surface area contributed by atoms with Crippen molar-refractivity contribution in [2.45, 2.75) is 31.8 Å². The fraction of sp³-hybridized carbons (Fsp3) is 0.929. The Bertz CT molecular complexity index is 294. The Morgan fingerprint density at radius 2 is 1.74 bits per heavy atom. The van der Waals surface area contributed by atoms with Crippen molar-refractivity contribution in [3.63, 3.8) is 0 Å². The summed E-state index contributed by atoms with van der Waals surface area (Å²) in [5.41, 5.74) is 0. The van der Waals surface area contributed by atoms with E-state index >= 15 is 0 Å². The van der Waals surface area contributed by atoms with Crippen molar-refractivity contribution >= 4 is 5.91 Å². The smallest absolute Gasteiger partial charge is 0.239 e. The van der Waals surface area contributed by atoms with Gasteiger partial charge < -0.3 is 15.1 Å². The summed E-state index contributed by atoms with van der Waals surface area (Å²) in [5.74, 6) is 0.310. The Balaban J connectivity index is 1.83. The first-order chi connectivity index (χ1) is 9.09. The van der Waals surface area contributed by atoms with E-state index in [0.717, 1.165) is 39.3 Å². The summed E-state index contributed by atoms with van der Waals surface area (Å²) in [4.78, 5) is 19.1. The van der Waals surface area contributed by atoms with Gasteiger partial charge in [0.05, 0.1) is 6.04 Å². The van der Waals surface area contributed by atoms with Crippen LogP contribution in [0, 0.1) is 0 Å². The molecule has 19 heavy (non-hydrogen) atoms. The summed E-state index contributed by atoms with van der Waals surface area (Å²) in [6, 6.07) is 0.721. The highest BCUT2D eigenvalue weighted by Crippen LogP contribution is 2.17. The molecular weight excluding hydrogens is 240 g/mol. The van der Waals surface area contributed by atoms with Crippen molar-refractivity contribution < 1.29 is 4.79 Å².